The SMILES string of the molecule is CC(C)(C)N1OC1C(O[Si](C)(C)C)(c1ccc([N+](=O)[O-])cc1)C(F)(F)F. The average Bonchev–Trinajstić information content (AvgIpc) is 3.23. The van der Waals surface area contributed by atoms with E-state index in [4.69, 9.17) is 9.26 Å². The summed E-state index contributed by atoms with van der Waals surface area (Å²) < 4.78 is 48.8. The van der Waals surface area contributed by atoms with Gasteiger partial charge >= 0.3 is 6.18 Å². The van der Waals surface area contributed by atoms with Crippen LogP contribution in [-0.2, 0) is 14.9 Å². The third-order valence-electron chi connectivity index (χ3n) is 3.78. The minimum atomic E-state index is -4.78. The van der Waals surface area contributed by atoms with Gasteiger partial charge in [0.05, 0.1) is 4.92 Å². The second-order valence-electron chi connectivity index (χ2n) is 8.21. The number of non-ortho nitro benzene ring substituents is 1. The molecule has 3 atom stereocenters. The first kappa shape index (κ1) is 20.8. The second-order valence-corrected chi connectivity index (χ2v) is 12.6. The van der Waals surface area contributed by atoms with Gasteiger partial charge in [0.15, 0.2) is 14.5 Å². The maximum atomic E-state index is 14.4. The first-order valence-corrected chi connectivity index (χ1v) is 11.5. The highest BCUT2D eigenvalue weighted by molar-refractivity contribution is 6.69. The number of hydrogen-bond donors (Lipinski definition) is 0. The molecule has 1 aliphatic rings. The standard InChI is InChI=1S/C16H23F3N2O4Si/c1-14(2,3)20-13(24-20)15(16(17,18)19,25-26(4,5)6)11-7-9-12(10-8-11)21(22)23/h7-10,13H,1-6H3. The van der Waals surface area contributed by atoms with Crippen LogP contribution in [0.5, 0.6) is 0 Å². The molecule has 0 saturated carbocycles. The summed E-state index contributed by atoms with van der Waals surface area (Å²) in [5, 5.41) is 12.1. The lowest BCUT2D eigenvalue weighted by atomic mass is 9.91. The Hall–Kier alpha value is -1.49. The Kier molecular flexibility index (Phi) is 5.04. The monoisotopic (exact) mass is 392 g/mol. The Morgan fingerprint density at radius 1 is 1.15 bits per heavy atom. The van der Waals surface area contributed by atoms with Crippen molar-refractivity contribution in [2.45, 2.75) is 64.0 Å². The lowest BCUT2D eigenvalue weighted by Gasteiger charge is -2.40. The fraction of sp³-hybridized carbons (Fsp3) is 0.625. The second kappa shape index (κ2) is 6.29. The quantitative estimate of drug-likeness (QED) is 0.318. The number of halogens is 3. The summed E-state index contributed by atoms with van der Waals surface area (Å²) in [6, 6.07) is 4.28. The molecule has 0 spiro atoms. The van der Waals surface area contributed by atoms with Gasteiger partial charge in [0.2, 0.25) is 5.60 Å². The average molecular weight is 392 g/mol. The molecular formula is C16H23F3N2O4Si. The topological polar surface area (TPSA) is 67.9 Å². The van der Waals surface area contributed by atoms with Crippen molar-refractivity contribution in [2.24, 2.45) is 0 Å². The molecule has 26 heavy (non-hydrogen) atoms. The maximum absolute atomic E-state index is 14.4. The van der Waals surface area contributed by atoms with Crippen LogP contribution in [0.1, 0.15) is 26.3 Å². The predicted octanol–water partition coefficient (Wildman–Crippen LogP) is 4.58. The maximum Gasteiger partial charge on any atom is 0.424 e. The summed E-state index contributed by atoms with van der Waals surface area (Å²) >= 11 is 0. The molecule has 0 aliphatic carbocycles. The van der Waals surface area contributed by atoms with E-state index >= 15 is 0 Å². The molecule has 2 rings (SSSR count). The van der Waals surface area contributed by atoms with Crippen molar-refractivity contribution in [3.63, 3.8) is 0 Å². The fourth-order valence-corrected chi connectivity index (χ4v) is 4.06. The van der Waals surface area contributed by atoms with Gasteiger partial charge in [-0.2, -0.15) is 13.2 Å². The summed E-state index contributed by atoms with van der Waals surface area (Å²) in [5.41, 5.74) is -3.89. The van der Waals surface area contributed by atoms with E-state index in [0.717, 1.165) is 24.3 Å². The van der Waals surface area contributed by atoms with E-state index in [9.17, 15) is 23.3 Å². The van der Waals surface area contributed by atoms with Gasteiger partial charge in [0.1, 0.15) is 0 Å². The van der Waals surface area contributed by atoms with Crippen LogP contribution in [0.2, 0.25) is 19.6 Å². The Balaban J connectivity index is 2.62. The van der Waals surface area contributed by atoms with E-state index in [1.165, 1.54) is 5.06 Å². The van der Waals surface area contributed by atoms with Crippen LogP contribution >= 0.6 is 0 Å². The summed E-state index contributed by atoms with van der Waals surface area (Å²) in [6.45, 7) is 10.2. The van der Waals surface area contributed by atoms with Crippen molar-refractivity contribution in [3.8, 4) is 0 Å². The summed E-state index contributed by atoms with van der Waals surface area (Å²) in [6.07, 6.45) is -6.15. The molecular weight excluding hydrogens is 369 g/mol. The van der Waals surface area contributed by atoms with Crippen molar-refractivity contribution >= 4 is 14.0 Å². The molecule has 0 N–H and O–H groups in total. The first-order valence-electron chi connectivity index (χ1n) is 8.07. The van der Waals surface area contributed by atoms with Gasteiger partial charge in [-0.25, -0.2) is 0 Å². The van der Waals surface area contributed by atoms with Crippen molar-refractivity contribution in [2.75, 3.05) is 0 Å². The zero-order chi connectivity index (χ0) is 20.1. The molecule has 6 nitrogen and oxygen atoms in total. The van der Waals surface area contributed by atoms with Crippen LogP contribution < -0.4 is 0 Å². The third kappa shape index (κ3) is 3.92. The molecule has 1 saturated heterocycles. The molecule has 1 heterocycles. The zero-order valence-electron chi connectivity index (χ0n) is 15.5. The number of nitrogens with zero attached hydrogens (tertiary/aromatic N) is 2. The highest BCUT2D eigenvalue weighted by Gasteiger charge is 2.72. The van der Waals surface area contributed by atoms with Crippen molar-refractivity contribution in [3.05, 3.63) is 39.9 Å². The van der Waals surface area contributed by atoms with E-state index < -0.39 is 36.8 Å². The molecule has 1 aliphatic heterocycles. The third-order valence-corrected chi connectivity index (χ3v) is 4.72. The van der Waals surface area contributed by atoms with Gasteiger partial charge in [0, 0.05) is 17.7 Å². The van der Waals surface area contributed by atoms with Crippen LogP contribution in [0.3, 0.4) is 0 Å². The van der Waals surface area contributed by atoms with Crippen LogP contribution in [0.4, 0.5) is 18.9 Å². The molecule has 10 heteroatoms. The van der Waals surface area contributed by atoms with E-state index in [2.05, 4.69) is 0 Å². The molecule has 146 valence electrons. The van der Waals surface area contributed by atoms with E-state index in [0.29, 0.717) is 0 Å². The minimum Gasteiger partial charge on any atom is -0.397 e. The van der Waals surface area contributed by atoms with Crippen LogP contribution in [0.15, 0.2) is 24.3 Å². The van der Waals surface area contributed by atoms with Crippen LogP contribution in [0, 0.1) is 10.1 Å². The Morgan fingerprint density at radius 2 is 1.65 bits per heavy atom. The normalized spacial score (nSPS) is 23.4. The van der Waals surface area contributed by atoms with Gasteiger partial charge < -0.3 is 4.43 Å². The van der Waals surface area contributed by atoms with Crippen molar-refractivity contribution in [1.29, 1.82) is 0 Å². The van der Waals surface area contributed by atoms with E-state index in [1.807, 2.05) is 0 Å². The van der Waals surface area contributed by atoms with Gasteiger partial charge in [-0.1, -0.05) is 0 Å². The van der Waals surface area contributed by atoms with Crippen molar-refractivity contribution in [1.82, 2.24) is 5.06 Å². The fourth-order valence-electron chi connectivity index (χ4n) is 2.76. The van der Waals surface area contributed by atoms with Gasteiger partial charge in [-0.3, -0.25) is 15.0 Å². The van der Waals surface area contributed by atoms with Crippen LogP contribution in [-0.4, -0.2) is 36.2 Å². The lowest BCUT2D eigenvalue weighted by molar-refractivity contribution is -0.384. The molecule has 1 fully saturated rings. The minimum absolute atomic E-state index is 0.213. The van der Waals surface area contributed by atoms with Gasteiger partial charge in [0.25, 0.3) is 5.69 Å². The van der Waals surface area contributed by atoms with Crippen molar-refractivity contribution < 1.29 is 27.4 Å². The highest BCUT2D eigenvalue weighted by Crippen LogP contribution is 2.54. The molecule has 0 radical (unpaired) electrons. The number of rotatable bonds is 5. The van der Waals surface area contributed by atoms with Crippen LogP contribution in [0.25, 0.3) is 0 Å². The predicted molar refractivity (Wildman–Crippen MR) is 91.7 cm³/mol. The lowest BCUT2D eigenvalue weighted by Crippen LogP contribution is -2.56. The smallest absolute Gasteiger partial charge is 0.397 e. The summed E-state index contributed by atoms with van der Waals surface area (Å²) in [5.74, 6) is 0. The molecule has 0 amide bonds. The molecule has 0 aromatic heterocycles. The first-order chi connectivity index (χ1) is 11.6. The number of hydroxylamine groups is 2. The Labute approximate surface area is 151 Å². The number of alkyl halides is 3. The molecule has 0 bridgehead atoms. The van der Waals surface area contributed by atoms with Gasteiger partial charge in [-0.15, -0.1) is 5.06 Å². The number of benzene rings is 1. The van der Waals surface area contributed by atoms with Gasteiger partial charge in [-0.05, 0) is 58.1 Å². The number of hydrogen-bond acceptors (Lipinski definition) is 5. The molecule has 1 aromatic carbocycles. The largest absolute Gasteiger partial charge is 0.424 e. The molecule has 3 unspecified atom stereocenters. The number of nitro benzene ring substituents is 1. The van der Waals surface area contributed by atoms with E-state index in [-0.39, 0.29) is 11.3 Å². The Bertz CT molecular complexity index is 683. The zero-order valence-corrected chi connectivity index (χ0v) is 16.5. The summed E-state index contributed by atoms with van der Waals surface area (Å²) in [7, 11) is -2.69. The Morgan fingerprint density at radius 3 is 1.96 bits per heavy atom. The highest BCUT2D eigenvalue weighted by atomic mass is 28.4. The molecule has 1 aromatic rings. The van der Waals surface area contributed by atoms with E-state index in [1.54, 1.807) is 40.4 Å². The number of nitro groups is 1. The summed E-state index contributed by atoms with van der Waals surface area (Å²) in [4.78, 5) is 15.5.